The van der Waals surface area contributed by atoms with Crippen LogP contribution in [-0.2, 0) is 4.79 Å². The monoisotopic (exact) mass is 338 g/mol. The summed E-state index contributed by atoms with van der Waals surface area (Å²) < 4.78 is 0. The van der Waals surface area contributed by atoms with Crippen molar-refractivity contribution in [1.82, 2.24) is 0 Å². The molecule has 0 aliphatic rings. The van der Waals surface area contributed by atoms with Crippen molar-refractivity contribution in [3.8, 4) is 0 Å². The van der Waals surface area contributed by atoms with E-state index in [1.807, 2.05) is 0 Å². The number of Topliss-reactive ketones (excluding diaryl/α,β-unsaturated/α-hetero) is 1. The highest BCUT2D eigenvalue weighted by atomic mass is 16.1. The molecule has 0 saturated heterocycles. The van der Waals surface area contributed by atoms with E-state index >= 15 is 0 Å². The average molecular weight is 339 g/mol. The molecule has 0 fully saturated rings. The van der Waals surface area contributed by atoms with E-state index in [-0.39, 0.29) is 11.8 Å². The van der Waals surface area contributed by atoms with Crippen LogP contribution in [0.25, 0.3) is 0 Å². The second kappa shape index (κ2) is 17.5. The lowest BCUT2D eigenvalue weighted by Gasteiger charge is -2.16. The third kappa shape index (κ3) is 14.1. The van der Waals surface area contributed by atoms with Gasteiger partial charge in [-0.15, -0.1) is 0 Å². The third-order valence-corrected chi connectivity index (χ3v) is 5.45. The highest BCUT2D eigenvalue weighted by molar-refractivity contribution is 5.82. The van der Waals surface area contributed by atoms with Gasteiger partial charge < -0.3 is 0 Å². The fourth-order valence-corrected chi connectivity index (χ4v) is 3.59. The van der Waals surface area contributed by atoms with Gasteiger partial charge in [-0.05, 0) is 12.8 Å². The summed E-state index contributed by atoms with van der Waals surface area (Å²) in [7, 11) is 0. The lowest BCUT2D eigenvalue weighted by atomic mass is 9.88. The fourth-order valence-electron chi connectivity index (χ4n) is 3.59. The number of rotatable bonds is 18. The largest absolute Gasteiger partial charge is 0.299 e. The minimum Gasteiger partial charge on any atom is -0.299 e. The van der Waals surface area contributed by atoms with Gasteiger partial charge in [-0.25, -0.2) is 0 Å². The minimum atomic E-state index is 0.278. The Kier molecular flexibility index (Phi) is 17.3. The van der Waals surface area contributed by atoms with Crippen LogP contribution in [0.3, 0.4) is 0 Å². The molecule has 1 nitrogen and oxygen atoms in total. The van der Waals surface area contributed by atoms with Crippen molar-refractivity contribution in [2.45, 2.75) is 130 Å². The Labute approximate surface area is 153 Å². The molecule has 0 bridgehead atoms. The highest BCUT2D eigenvalue weighted by Gasteiger charge is 2.19. The average Bonchev–Trinajstić information content (AvgIpc) is 2.59. The van der Waals surface area contributed by atoms with Gasteiger partial charge in [0.1, 0.15) is 5.78 Å². The molecule has 0 N–H and O–H groups in total. The second-order valence-corrected chi connectivity index (χ2v) is 8.02. The number of unbranched alkanes of at least 4 members (excludes halogenated alkanes) is 12. The Morgan fingerprint density at radius 3 is 1.17 bits per heavy atom. The lowest BCUT2D eigenvalue weighted by molar-refractivity contribution is -0.126. The van der Waals surface area contributed by atoms with Crippen LogP contribution in [-0.4, -0.2) is 5.78 Å². The van der Waals surface area contributed by atoms with E-state index in [2.05, 4.69) is 27.7 Å². The van der Waals surface area contributed by atoms with Crippen LogP contribution in [0.5, 0.6) is 0 Å². The molecule has 1 heteroatoms. The molecular weight excluding hydrogens is 292 g/mol. The van der Waals surface area contributed by atoms with Gasteiger partial charge in [-0.2, -0.15) is 0 Å². The van der Waals surface area contributed by atoms with Gasteiger partial charge in [0.05, 0.1) is 0 Å². The summed E-state index contributed by atoms with van der Waals surface area (Å²) in [5, 5.41) is 0. The van der Waals surface area contributed by atoms with Gasteiger partial charge in [0, 0.05) is 11.8 Å². The molecule has 0 aromatic heterocycles. The van der Waals surface area contributed by atoms with Crippen LogP contribution in [0.15, 0.2) is 0 Å². The van der Waals surface area contributed by atoms with Crippen molar-refractivity contribution < 1.29 is 4.79 Å². The van der Waals surface area contributed by atoms with Crippen LogP contribution < -0.4 is 0 Å². The van der Waals surface area contributed by atoms with Gasteiger partial charge in [-0.1, -0.05) is 118 Å². The zero-order valence-electron chi connectivity index (χ0n) is 17.4. The summed E-state index contributed by atoms with van der Waals surface area (Å²) in [6.45, 7) is 8.84. The summed E-state index contributed by atoms with van der Waals surface area (Å²) >= 11 is 0. The summed E-state index contributed by atoms with van der Waals surface area (Å²) in [5.74, 6) is 1.08. The third-order valence-electron chi connectivity index (χ3n) is 5.45. The first-order valence-electron chi connectivity index (χ1n) is 11.2. The smallest absolute Gasteiger partial charge is 0.138 e. The minimum absolute atomic E-state index is 0.278. The Balaban J connectivity index is 3.57. The van der Waals surface area contributed by atoms with Crippen molar-refractivity contribution in [3.63, 3.8) is 0 Å². The Hall–Kier alpha value is -0.330. The number of carbonyl (C=O) groups is 1. The van der Waals surface area contributed by atoms with E-state index in [1.54, 1.807) is 0 Å². The Bertz CT molecular complexity index is 245. The molecule has 0 rings (SSSR count). The topological polar surface area (TPSA) is 17.1 Å². The predicted molar refractivity (Wildman–Crippen MR) is 109 cm³/mol. The van der Waals surface area contributed by atoms with E-state index in [0.717, 1.165) is 12.8 Å². The van der Waals surface area contributed by atoms with Crippen molar-refractivity contribution >= 4 is 5.78 Å². The van der Waals surface area contributed by atoms with Crippen molar-refractivity contribution in [2.75, 3.05) is 0 Å². The van der Waals surface area contributed by atoms with Crippen molar-refractivity contribution in [1.29, 1.82) is 0 Å². The Morgan fingerprint density at radius 2 is 0.833 bits per heavy atom. The molecule has 0 aliphatic heterocycles. The van der Waals surface area contributed by atoms with Crippen LogP contribution in [0.2, 0.25) is 0 Å². The standard InChI is InChI=1S/C23H46O/c1-5-7-9-11-13-15-17-19-21(3)23(24)22(4)20-18-16-14-12-10-8-6-2/h21-22H,5-20H2,1-4H3. The van der Waals surface area contributed by atoms with Crippen molar-refractivity contribution in [3.05, 3.63) is 0 Å². The van der Waals surface area contributed by atoms with Gasteiger partial charge in [0.15, 0.2) is 0 Å². The molecular formula is C23H46O. The zero-order chi connectivity index (χ0) is 18.0. The fraction of sp³-hybridized carbons (Fsp3) is 0.957. The second-order valence-electron chi connectivity index (χ2n) is 8.02. The molecule has 0 aromatic carbocycles. The summed E-state index contributed by atoms with van der Waals surface area (Å²) in [4.78, 5) is 12.5. The molecule has 0 radical (unpaired) electrons. The maximum Gasteiger partial charge on any atom is 0.138 e. The van der Waals surface area contributed by atoms with Gasteiger partial charge >= 0.3 is 0 Å². The van der Waals surface area contributed by atoms with Crippen LogP contribution in [0.4, 0.5) is 0 Å². The number of carbonyl (C=O) groups excluding carboxylic acids is 1. The first kappa shape index (κ1) is 23.7. The molecule has 0 saturated carbocycles. The summed E-state index contributed by atoms with van der Waals surface area (Å²) in [6.07, 6.45) is 21.0. The quantitative estimate of drug-likeness (QED) is 0.231. The van der Waals surface area contributed by atoms with Gasteiger partial charge in [-0.3, -0.25) is 4.79 Å². The zero-order valence-corrected chi connectivity index (χ0v) is 17.4. The van der Waals surface area contributed by atoms with Crippen LogP contribution >= 0.6 is 0 Å². The molecule has 144 valence electrons. The van der Waals surface area contributed by atoms with E-state index < -0.39 is 0 Å². The van der Waals surface area contributed by atoms with Gasteiger partial charge in [0.2, 0.25) is 0 Å². The van der Waals surface area contributed by atoms with E-state index in [1.165, 1.54) is 89.9 Å². The van der Waals surface area contributed by atoms with Crippen LogP contribution in [0, 0.1) is 11.8 Å². The van der Waals surface area contributed by atoms with E-state index in [4.69, 9.17) is 0 Å². The molecule has 2 atom stereocenters. The van der Waals surface area contributed by atoms with Crippen molar-refractivity contribution in [2.24, 2.45) is 11.8 Å². The Morgan fingerprint density at radius 1 is 0.542 bits per heavy atom. The summed E-state index contributed by atoms with van der Waals surface area (Å²) in [5.41, 5.74) is 0. The number of hydrogen-bond donors (Lipinski definition) is 0. The normalized spacial score (nSPS) is 13.8. The van der Waals surface area contributed by atoms with Crippen LogP contribution in [0.1, 0.15) is 130 Å². The molecule has 0 spiro atoms. The molecule has 0 heterocycles. The molecule has 0 amide bonds. The maximum atomic E-state index is 12.5. The molecule has 0 aromatic rings. The molecule has 2 unspecified atom stereocenters. The molecule has 0 aliphatic carbocycles. The van der Waals surface area contributed by atoms with E-state index in [0.29, 0.717) is 5.78 Å². The maximum absolute atomic E-state index is 12.5. The van der Waals surface area contributed by atoms with E-state index in [9.17, 15) is 4.79 Å². The van der Waals surface area contributed by atoms with Gasteiger partial charge in [0.25, 0.3) is 0 Å². The first-order valence-corrected chi connectivity index (χ1v) is 11.2. The first-order chi connectivity index (χ1) is 11.6. The predicted octanol–water partition coefficient (Wildman–Crippen LogP) is 8.11. The molecule has 24 heavy (non-hydrogen) atoms. The number of ketones is 1. The SMILES string of the molecule is CCCCCCCCCC(C)C(=O)C(C)CCCCCCCCC. The lowest BCUT2D eigenvalue weighted by Crippen LogP contribution is -2.19. The highest BCUT2D eigenvalue weighted by Crippen LogP contribution is 2.20. The summed E-state index contributed by atoms with van der Waals surface area (Å²) in [6, 6.07) is 0. The number of hydrogen-bond acceptors (Lipinski definition) is 1.